The van der Waals surface area contributed by atoms with Crippen LogP contribution in [0.3, 0.4) is 0 Å². The molecular weight excluding hydrogens is 348 g/mol. The lowest BCUT2D eigenvalue weighted by Gasteiger charge is -2.29. The Bertz CT molecular complexity index is 1020. The molecule has 0 spiro atoms. The van der Waals surface area contributed by atoms with Gasteiger partial charge in [0.2, 0.25) is 0 Å². The molecule has 0 amide bonds. The van der Waals surface area contributed by atoms with Crippen LogP contribution in [0.15, 0.2) is 57.7 Å². The van der Waals surface area contributed by atoms with Crippen molar-refractivity contribution in [2.75, 3.05) is 14.2 Å². The Hall–Kier alpha value is -3.35. The van der Waals surface area contributed by atoms with Crippen molar-refractivity contribution >= 4 is 22.8 Å². The van der Waals surface area contributed by atoms with E-state index in [-0.39, 0.29) is 22.3 Å². The Balaban J connectivity index is 2.33. The molecule has 0 bridgehead atoms. The molecule has 1 aromatic heterocycles. The van der Waals surface area contributed by atoms with Crippen LogP contribution in [0.4, 0.5) is 0 Å². The first kappa shape index (κ1) is 18.4. The van der Waals surface area contributed by atoms with E-state index in [9.17, 15) is 14.4 Å². The number of carbonyl (C=O) groups is 2. The summed E-state index contributed by atoms with van der Waals surface area (Å²) >= 11 is 0. The summed E-state index contributed by atoms with van der Waals surface area (Å²) in [5.41, 5.74) is 1.99. The fourth-order valence-electron chi connectivity index (χ4n) is 3.44. The van der Waals surface area contributed by atoms with Gasteiger partial charge in [0, 0.05) is 22.5 Å². The van der Waals surface area contributed by atoms with Crippen LogP contribution >= 0.6 is 0 Å². The van der Waals surface area contributed by atoms with Crippen molar-refractivity contribution in [3.8, 4) is 0 Å². The zero-order valence-electron chi connectivity index (χ0n) is 15.5. The predicted octanol–water partition coefficient (Wildman–Crippen LogP) is 2.11. The number of carbonyl (C=O) groups excluding carboxylic acids is 2. The number of hydrogen-bond acceptors (Lipinski definition) is 6. The fourth-order valence-corrected chi connectivity index (χ4v) is 3.44. The third kappa shape index (κ3) is 3.12. The predicted molar refractivity (Wildman–Crippen MR) is 99.9 cm³/mol. The fraction of sp³-hybridized carbons (Fsp3) is 0.250. The van der Waals surface area contributed by atoms with Crippen molar-refractivity contribution in [3.05, 3.63) is 68.8 Å². The van der Waals surface area contributed by atoms with Crippen LogP contribution in [0.2, 0.25) is 0 Å². The molecule has 140 valence electrons. The number of nitrogens with one attached hydrogen (secondary N) is 2. The highest BCUT2D eigenvalue weighted by Crippen LogP contribution is 2.38. The van der Waals surface area contributed by atoms with Crippen molar-refractivity contribution < 1.29 is 19.1 Å². The molecule has 1 aliphatic heterocycles. The van der Waals surface area contributed by atoms with Crippen molar-refractivity contribution in [1.29, 1.82) is 0 Å². The Morgan fingerprint density at radius 2 is 1.52 bits per heavy atom. The first-order valence-electron chi connectivity index (χ1n) is 8.36. The lowest BCUT2D eigenvalue weighted by atomic mass is 9.80. The minimum Gasteiger partial charge on any atom is -0.466 e. The van der Waals surface area contributed by atoms with Crippen LogP contribution in [-0.2, 0) is 19.1 Å². The SMILES string of the molecule is COC(=O)C1=C(C)NC(C)=C(C(=O)OC)C1c1cc2ccccc2[nH]c1=O. The van der Waals surface area contributed by atoms with E-state index in [0.29, 0.717) is 16.9 Å². The number of esters is 2. The molecule has 7 nitrogen and oxygen atoms in total. The summed E-state index contributed by atoms with van der Waals surface area (Å²) in [6.07, 6.45) is 0. The molecule has 3 rings (SSSR count). The normalized spacial score (nSPS) is 15.0. The summed E-state index contributed by atoms with van der Waals surface area (Å²) in [5.74, 6) is -2.14. The Labute approximate surface area is 155 Å². The number of H-pyrrole nitrogens is 1. The number of allylic oxidation sites excluding steroid dienone is 2. The number of aromatic amines is 1. The second-order valence-corrected chi connectivity index (χ2v) is 6.26. The number of rotatable bonds is 3. The maximum absolute atomic E-state index is 12.8. The van der Waals surface area contributed by atoms with Gasteiger partial charge in [0.25, 0.3) is 5.56 Å². The molecular formula is C20H20N2O5. The number of hydrogen-bond donors (Lipinski definition) is 2. The highest BCUT2D eigenvalue weighted by atomic mass is 16.5. The lowest BCUT2D eigenvalue weighted by molar-refractivity contribution is -0.137. The summed E-state index contributed by atoms with van der Waals surface area (Å²) in [6, 6.07) is 8.98. The van der Waals surface area contributed by atoms with Crippen LogP contribution in [-0.4, -0.2) is 31.1 Å². The standard InChI is InChI=1S/C20H20N2O5/c1-10-15(19(24)26-3)17(16(11(2)21-10)20(25)27-4)13-9-12-7-5-6-8-14(12)22-18(13)23/h5-9,17,21H,1-4H3,(H,22,23). The highest BCUT2D eigenvalue weighted by Gasteiger charge is 2.39. The highest BCUT2D eigenvalue weighted by molar-refractivity contribution is 6.00. The van der Waals surface area contributed by atoms with E-state index in [1.165, 1.54) is 14.2 Å². The number of pyridine rings is 1. The molecule has 0 saturated heterocycles. The van der Waals surface area contributed by atoms with Gasteiger partial charge in [-0.05, 0) is 31.4 Å². The van der Waals surface area contributed by atoms with E-state index < -0.39 is 17.9 Å². The van der Waals surface area contributed by atoms with Gasteiger partial charge >= 0.3 is 11.9 Å². The zero-order valence-corrected chi connectivity index (χ0v) is 15.5. The zero-order chi connectivity index (χ0) is 19.7. The number of aromatic nitrogens is 1. The van der Waals surface area contributed by atoms with E-state index in [4.69, 9.17) is 9.47 Å². The van der Waals surface area contributed by atoms with Crippen LogP contribution in [0.1, 0.15) is 25.3 Å². The van der Waals surface area contributed by atoms with Gasteiger partial charge in [0.1, 0.15) is 0 Å². The monoisotopic (exact) mass is 368 g/mol. The van der Waals surface area contributed by atoms with Gasteiger partial charge in [-0.25, -0.2) is 9.59 Å². The smallest absolute Gasteiger partial charge is 0.336 e. The van der Waals surface area contributed by atoms with Crippen molar-refractivity contribution in [1.82, 2.24) is 10.3 Å². The number of benzene rings is 1. The van der Waals surface area contributed by atoms with E-state index in [1.54, 1.807) is 26.0 Å². The molecule has 27 heavy (non-hydrogen) atoms. The summed E-state index contributed by atoms with van der Waals surface area (Å²) in [7, 11) is 2.51. The topological polar surface area (TPSA) is 97.5 Å². The lowest BCUT2D eigenvalue weighted by Crippen LogP contribution is -2.34. The maximum Gasteiger partial charge on any atom is 0.336 e. The summed E-state index contributed by atoms with van der Waals surface area (Å²) < 4.78 is 9.82. The van der Waals surface area contributed by atoms with Gasteiger partial charge < -0.3 is 19.8 Å². The van der Waals surface area contributed by atoms with Crippen LogP contribution in [0.5, 0.6) is 0 Å². The molecule has 1 aliphatic rings. The quantitative estimate of drug-likeness (QED) is 0.806. The Morgan fingerprint density at radius 3 is 2.07 bits per heavy atom. The van der Waals surface area contributed by atoms with Gasteiger partial charge in [0.05, 0.1) is 31.3 Å². The van der Waals surface area contributed by atoms with Gasteiger partial charge in [-0.1, -0.05) is 18.2 Å². The van der Waals surface area contributed by atoms with E-state index in [0.717, 1.165) is 5.39 Å². The molecule has 0 atom stereocenters. The van der Waals surface area contributed by atoms with E-state index >= 15 is 0 Å². The summed E-state index contributed by atoms with van der Waals surface area (Å²) in [6.45, 7) is 3.40. The molecule has 2 N–H and O–H groups in total. The van der Waals surface area contributed by atoms with Crippen molar-refractivity contribution in [2.24, 2.45) is 0 Å². The first-order valence-corrected chi connectivity index (χ1v) is 8.36. The number of para-hydroxylation sites is 1. The summed E-state index contributed by atoms with van der Waals surface area (Å²) in [5, 5.41) is 3.80. The molecule has 0 aliphatic carbocycles. The van der Waals surface area contributed by atoms with Crippen LogP contribution in [0.25, 0.3) is 10.9 Å². The second-order valence-electron chi connectivity index (χ2n) is 6.26. The molecule has 0 saturated carbocycles. The minimum absolute atomic E-state index is 0.198. The van der Waals surface area contributed by atoms with Crippen molar-refractivity contribution in [2.45, 2.75) is 19.8 Å². The number of ether oxygens (including phenoxy) is 2. The largest absolute Gasteiger partial charge is 0.466 e. The molecule has 7 heteroatoms. The second kappa shape index (κ2) is 7.11. The van der Waals surface area contributed by atoms with Crippen LogP contribution < -0.4 is 10.9 Å². The molecule has 2 heterocycles. The Morgan fingerprint density at radius 1 is 0.963 bits per heavy atom. The third-order valence-corrected chi connectivity index (χ3v) is 4.66. The molecule has 0 radical (unpaired) electrons. The van der Waals surface area contributed by atoms with Gasteiger partial charge in [-0.2, -0.15) is 0 Å². The van der Waals surface area contributed by atoms with E-state index in [1.807, 2.05) is 18.2 Å². The van der Waals surface area contributed by atoms with Gasteiger partial charge in [-0.15, -0.1) is 0 Å². The first-order chi connectivity index (χ1) is 12.9. The third-order valence-electron chi connectivity index (χ3n) is 4.66. The van der Waals surface area contributed by atoms with Gasteiger partial charge in [-0.3, -0.25) is 4.79 Å². The minimum atomic E-state index is -0.903. The Kier molecular flexibility index (Phi) is 4.85. The van der Waals surface area contributed by atoms with Crippen molar-refractivity contribution in [3.63, 3.8) is 0 Å². The number of fused-ring (bicyclic) bond motifs is 1. The average Bonchev–Trinajstić information content (AvgIpc) is 2.65. The number of methoxy groups -OCH3 is 2. The molecule has 0 fully saturated rings. The molecule has 2 aromatic rings. The summed E-state index contributed by atoms with van der Waals surface area (Å²) in [4.78, 5) is 40.6. The number of dihydropyridines is 1. The maximum atomic E-state index is 12.8. The molecule has 1 aromatic carbocycles. The van der Waals surface area contributed by atoms with Gasteiger partial charge in [0.15, 0.2) is 0 Å². The van der Waals surface area contributed by atoms with E-state index in [2.05, 4.69) is 10.3 Å². The average molecular weight is 368 g/mol. The van der Waals surface area contributed by atoms with Crippen LogP contribution in [0, 0.1) is 0 Å². The molecule has 0 unspecified atom stereocenters.